The zero-order valence-electron chi connectivity index (χ0n) is 14.7. The van der Waals surface area contributed by atoms with Crippen molar-refractivity contribution in [3.8, 4) is 0 Å². The third-order valence-electron chi connectivity index (χ3n) is 4.32. The number of amides is 1. The zero-order chi connectivity index (χ0) is 18.6. The molecule has 0 spiro atoms. The number of carbonyl (C=O) groups excluding carboxylic acids is 1. The molecule has 2 aromatic heterocycles. The van der Waals surface area contributed by atoms with Gasteiger partial charge in [0, 0.05) is 18.9 Å². The van der Waals surface area contributed by atoms with Gasteiger partial charge in [-0.2, -0.15) is 9.40 Å². The van der Waals surface area contributed by atoms with Gasteiger partial charge in [-0.15, -0.1) is 0 Å². The van der Waals surface area contributed by atoms with E-state index in [9.17, 15) is 13.2 Å². The Morgan fingerprint density at radius 3 is 2.88 bits per heavy atom. The predicted octanol–water partition coefficient (Wildman–Crippen LogP) is 1.08. The van der Waals surface area contributed by atoms with Crippen LogP contribution in [0, 0.1) is 0 Å². The Labute approximate surface area is 153 Å². The fraction of sp³-hybridized carbons (Fsp3) is 0.471. The van der Waals surface area contributed by atoms with Crippen LogP contribution in [0.2, 0.25) is 0 Å². The minimum atomic E-state index is -3.33. The summed E-state index contributed by atoms with van der Waals surface area (Å²) in [4.78, 5) is 16.5. The zero-order valence-corrected chi connectivity index (χ0v) is 15.5. The van der Waals surface area contributed by atoms with E-state index in [1.807, 2.05) is 25.1 Å². The average Bonchev–Trinajstić information content (AvgIpc) is 3.10. The van der Waals surface area contributed by atoms with Crippen molar-refractivity contribution >= 4 is 15.9 Å². The second-order valence-corrected chi connectivity index (χ2v) is 8.42. The van der Waals surface area contributed by atoms with Crippen molar-refractivity contribution in [2.75, 3.05) is 12.3 Å². The monoisotopic (exact) mass is 377 g/mol. The van der Waals surface area contributed by atoms with Crippen molar-refractivity contribution in [3.63, 3.8) is 0 Å². The van der Waals surface area contributed by atoms with Crippen LogP contribution in [0.25, 0.3) is 0 Å². The number of aromatic nitrogens is 3. The van der Waals surface area contributed by atoms with E-state index < -0.39 is 10.0 Å². The maximum absolute atomic E-state index is 12.4. The van der Waals surface area contributed by atoms with Crippen LogP contribution in [-0.4, -0.2) is 45.7 Å². The lowest BCUT2D eigenvalue weighted by molar-refractivity contribution is -0.122. The van der Waals surface area contributed by atoms with Crippen molar-refractivity contribution in [2.24, 2.45) is 0 Å². The van der Waals surface area contributed by atoms with E-state index in [-0.39, 0.29) is 30.7 Å². The van der Waals surface area contributed by atoms with Gasteiger partial charge >= 0.3 is 0 Å². The van der Waals surface area contributed by atoms with E-state index in [0.29, 0.717) is 19.5 Å². The van der Waals surface area contributed by atoms with E-state index in [4.69, 9.17) is 0 Å². The summed E-state index contributed by atoms with van der Waals surface area (Å²) in [5, 5.41) is 7.11. The van der Waals surface area contributed by atoms with Gasteiger partial charge in [-0.3, -0.25) is 14.5 Å². The van der Waals surface area contributed by atoms with E-state index in [1.54, 1.807) is 23.1 Å². The molecule has 1 aliphatic rings. The van der Waals surface area contributed by atoms with Gasteiger partial charge < -0.3 is 5.32 Å². The number of pyridine rings is 1. The molecule has 1 N–H and O–H groups in total. The second kappa shape index (κ2) is 7.96. The molecule has 26 heavy (non-hydrogen) atoms. The molecule has 2 aromatic rings. The summed E-state index contributed by atoms with van der Waals surface area (Å²) in [6.07, 6.45) is 4.05. The van der Waals surface area contributed by atoms with Crippen LogP contribution in [0.5, 0.6) is 0 Å². The molecular formula is C17H23N5O3S. The Balaban J connectivity index is 1.67. The number of sulfonamides is 1. The Kier molecular flexibility index (Phi) is 5.67. The van der Waals surface area contributed by atoms with Crippen LogP contribution in [0.1, 0.15) is 37.2 Å². The number of carbonyl (C=O) groups is 1. The molecule has 140 valence electrons. The minimum Gasteiger partial charge on any atom is -0.350 e. The van der Waals surface area contributed by atoms with Crippen molar-refractivity contribution in [3.05, 3.63) is 48.0 Å². The molecule has 0 aliphatic carbocycles. The number of fused-ring (bicyclic) bond motifs is 1. The van der Waals surface area contributed by atoms with Crippen molar-refractivity contribution in [1.29, 1.82) is 0 Å². The molecule has 3 rings (SSSR count). The first-order valence-corrected chi connectivity index (χ1v) is 10.3. The normalized spacial score (nSPS) is 17.7. The van der Waals surface area contributed by atoms with E-state index in [1.165, 1.54) is 4.31 Å². The molecule has 0 aromatic carbocycles. The molecule has 0 saturated heterocycles. The van der Waals surface area contributed by atoms with Crippen molar-refractivity contribution in [1.82, 2.24) is 24.4 Å². The number of rotatable bonds is 7. The van der Waals surface area contributed by atoms with Crippen LogP contribution < -0.4 is 5.32 Å². The van der Waals surface area contributed by atoms with E-state index in [0.717, 1.165) is 11.4 Å². The number of hydrogen-bond donors (Lipinski definition) is 1. The van der Waals surface area contributed by atoms with Gasteiger partial charge in [-0.1, -0.05) is 13.0 Å². The first kappa shape index (κ1) is 18.5. The van der Waals surface area contributed by atoms with Gasteiger partial charge in [-0.25, -0.2) is 8.42 Å². The van der Waals surface area contributed by atoms with Crippen LogP contribution in [-0.2, 0) is 27.9 Å². The molecule has 0 fully saturated rings. The fourth-order valence-corrected chi connectivity index (χ4v) is 4.58. The summed E-state index contributed by atoms with van der Waals surface area (Å²) in [6, 6.07) is 7.00. The molecule has 8 nitrogen and oxygen atoms in total. The second-order valence-electron chi connectivity index (χ2n) is 6.33. The van der Waals surface area contributed by atoms with Gasteiger partial charge in [0.15, 0.2) is 0 Å². The van der Waals surface area contributed by atoms with Gasteiger partial charge in [0.1, 0.15) is 0 Å². The van der Waals surface area contributed by atoms with Gasteiger partial charge in [0.2, 0.25) is 15.9 Å². The smallest absolute Gasteiger partial charge is 0.222 e. The maximum Gasteiger partial charge on any atom is 0.222 e. The molecule has 1 amide bonds. The largest absolute Gasteiger partial charge is 0.350 e. The topological polar surface area (TPSA) is 97.2 Å². The van der Waals surface area contributed by atoms with E-state index in [2.05, 4.69) is 15.4 Å². The first-order chi connectivity index (χ1) is 12.5. The van der Waals surface area contributed by atoms with Crippen LogP contribution in [0.3, 0.4) is 0 Å². The summed E-state index contributed by atoms with van der Waals surface area (Å²) in [6.45, 7) is 2.74. The Morgan fingerprint density at radius 2 is 2.15 bits per heavy atom. The first-order valence-electron chi connectivity index (χ1n) is 8.66. The summed E-state index contributed by atoms with van der Waals surface area (Å²) >= 11 is 0. The lowest BCUT2D eigenvalue weighted by atomic mass is 10.1. The Bertz CT molecular complexity index is 850. The molecule has 3 heterocycles. The van der Waals surface area contributed by atoms with Crippen molar-refractivity contribution in [2.45, 2.75) is 38.9 Å². The minimum absolute atomic E-state index is 0.111. The highest BCUT2D eigenvalue weighted by Crippen LogP contribution is 2.25. The molecule has 0 radical (unpaired) electrons. The summed E-state index contributed by atoms with van der Waals surface area (Å²) < 4.78 is 28.1. The standard InChI is InChI=1S/C17H23N5O3S/c1-2-9-26(24,25)21-12-15-6-8-20-22(15)16(13-21)10-17(23)19-11-14-5-3-4-7-18-14/h3-8,16H,2,9-13H2,1H3,(H,19,23). The summed E-state index contributed by atoms with van der Waals surface area (Å²) in [5.74, 6) is -0.0449. The highest BCUT2D eigenvalue weighted by atomic mass is 32.2. The van der Waals surface area contributed by atoms with Gasteiger partial charge in [0.05, 0.1) is 42.7 Å². The van der Waals surface area contributed by atoms with Crippen LogP contribution in [0.4, 0.5) is 0 Å². The summed E-state index contributed by atoms with van der Waals surface area (Å²) in [7, 11) is -3.33. The highest BCUT2D eigenvalue weighted by molar-refractivity contribution is 7.89. The third kappa shape index (κ3) is 4.28. The number of nitrogens with one attached hydrogen (secondary N) is 1. The summed E-state index contributed by atoms with van der Waals surface area (Å²) in [5.41, 5.74) is 1.58. The Morgan fingerprint density at radius 1 is 1.31 bits per heavy atom. The van der Waals surface area contributed by atoms with Gasteiger partial charge in [0.25, 0.3) is 0 Å². The third-order valence-corrected chi connectivity index (χ3v) is 6.31. The Hall–Kier alpha value is -2.26. The molecule has 1 atom stereocenters. The quantitative estimate of drug-likeness (QED) is 0.779. The molecule has 0 bridgehead atoms. The molecular weight excluding hydrogens is 354 g/mol. The van der Waals surface area contributed by atoms with Crippen LogP contribution in [0.15, 0.2) is 36.7 Å². The predicted molar refractivity (Wildman–Crippen MR) is 96.5 cm³/mol. The number of hydrogen-bond acceptors (Lipinski definition) is 5. The highest BCUT2D eigenvalue weighted by Gasteiger charge is 2.33. The molecule has 1 aliphatic heterocycles. The SMILES string of the molecule is CCCS(=O)(=O)N1Cc2ccnn2C(CC(=O)NCc2ccccn2)C1. The maximum atomic E-state index is 12.4. The van der Waals surface area contributed by atoms with Gasteiger partial charge in [-0.05, 0) is 24.6 Å². The van der Waals surface area contributed by atoms with Crippen molar-refractivity contribution < 1.29 is 13.2 Å². The number of nitrogens with zero attached hydrogens (tertiary/aromatic N) is 4. The fourth-order valence-electron chi connectivity index (χ4n) is 3.08. The van der Waals surface area contributed by atoms with E-state index >= 15 is 0 Å². The molecule has 0 saturated carbocycles. The molecule has 9 heteroatoms. The average molecular weight is 377 g/mol. The van der Waals surface area contributed by atoms with Crippen LogP contribution >= 0.6 is 0 Å². The lowest BCUT2D eigenvalue weighted by Crippen LogP contribution is -2.43. The lowest BCUT2D eigenvalue weighted by Gasteiger charge is -2.32. The molecule has 1 unspecified atom stereocenters.